The fraction of sp³-hybridized carbons (Fsp3) is 0.462. The van der Waals surface area contributed by atoms with Gasteiger partial charge >= 0.3 is 0 Å². The maximum absolute atomic E-state index is 4.22. The number of hydrogen-bond acceptors (Lipinski definition) is 3. The molecule has 0 amide bonds. The molecule has 0 fully saturated rings. The van der Waals surface area contributed by atoms with E-state index in [1.807, 2.05) is 34.5 Å². The van der Waals surface area contributed by atoms with Gasteiger partial charge in [-0.15, -0.1) is 11.3 Å². The number of hydrogen-bond donors (Lipinski definition) is 1. The molecule has 2 aromatic rings. The standard InChI is InChI=1S/C13H19N3S/c1-10-5-8-17-13(10)12(3)15-11(2)9-16-7-4-6-14-16/h4-8,11-12,15H,9H2,1-3H3. The first-order valence-corrected chi connectivity index (χ1v) is 6.82. The van der Waals surface area contributed by atoms with Crippen LogP contribution in [0.4, 0.5) is 0 Å². The van der Waals surface area contributed by atoms with Crippen LogP contribution in [0.25, 0.3) is 0 Å². The van der Waals surface area contributed by atoms with Crippen molar-refractivity contribution in [3.8, 4) is 0 Å². The van der Waals surface area contributed by atoms with Crippen LogP contribution in [0.15, 0.2) is 29.9 Å². The summed E-state index contributed by atoms with van der Waals surface area (Å²) >= 11 is 1.82. The summed E-state index contributed by atoms with van der Waals surface area (Å²) in [5.41, 5.74) is 1.38. The molecule has 0 saturated carbocycles. The second-order valence-electron chi connectivity index (χ2n) is 4.49. The molecule has 0 radical (unpaired) electrons. The molecule has 0 aliphatic rings. The van der Waals surface area contributed by atoms with E-state index in [9.17, 15) is 0 Å². The number of nitrogens with one attached hydrogen (secondary N) is 1. The molecule has 0 aromatic carbocycles. The third kappa shape index (κ3) is 3.17. The van der Waals surface area contributed by atoms with Crippen LogP contribution in [0.1, 0.15) is 30.3 Å². The molecule has 3 nitrogen and oxygen atoms in total. The van der Waals surface area contributed by atoms with Crippen LogP contribution in [0.2, 0.25) is 0 Å². The van der Waals surface area contributed by atoms with Gasteiger partial charge in [0.05, 0.1) is 6.54 Å². The Morgan fingerprint density at radius 2 is 2.29 bits per heavy atom. The molecule has 2 aromatic heterocycles. The highest BCUT2D eigenvalue weighted by Crippen LogP contribution is 2.23. The van der Waals surface area contributed by atoms with Gasteiger partial charge in [-0.25, -0.2) is 0 Å². The molecule has 92 valence electrons. The lowest BCUT2D eigenvalue weighted by Gasteiger charge is -2.20. The Morgan fingerprint density at radius 3 is 2.88 bits per heavy atom. The summed E-state index contributed by atoms with van der Waals surface area (Å²) in [6.45, 7) is 7.49. The number of nitrogens with zero attached hydrogens (tertiary/aromatic N) is 2. The Kier molecular flexibility index (Phi) is 3.97. The zero-order chi connectivity index (χ0) is 12.3. The van der Waals surface area contributed by atoms with E-state index >= 15 is 0 Å². The van der Waals surface area contributed by atoms with Gasteiger partial charge in [0.2, 0.25) is 0 Å². The van der Waals surface area contributed by atoms with Gasteiger partial charge in [-0.1, -0.05) is 0 Å². The van der Waals surface area contributed by atoms with Crippen molar-refractivity contribution in [1.29, 1.82) is 0 Å². The molecule has 0 bridgehead atoms. The maximum atomic E-state index is 4.22. The molecular weight excluding hydrogens is 230 g/mol. The molecule has 0 aliphatic carbocycles. The smallest absolute Gasteiger partial charge is 0.0560 e. The molecule has 4 heteroatoms. The van der Waals surface area contributed by atoms with Crippen molar-refractivity contribution in [1.82, 2.24) is 15.1 Å². The third-order valence-corrected chi connectivity index (χ3v) is 4.05. The van der Waals surface area contributed by atoms with Crippen molar-refractivity contribution in [2.75, 3.05) is 0 Å². The van der Waals surface area contributed by atoms with Gasteiger partial charge in [0, 0.05) is 29.4 Å². The third-order valence-electron chi connectivity index (χ3n) is 2.85. The van der Waals surface area contributed by atoms with E-state index in [2.05, 4.69) is 42.6 Å². The summed E-state index contributed by atoms with van der Waals surface area (Å²) in [7, 11) is 0. The fourth-order valence-corrected chi connectivity index (χ4v) is 3.02. The molecule has 2 atom stereocenters. The minimum absolute atomic E-state index is 0.403. The zero-order valence-electron chi connectivity index (χ0n) is 10.6. The second-order valence-corrected chi connectivity index (χ2v) is 5.43. The zero-order valence-corrected chi connectivity index (χ0v) is 11.4. The average Bonchev–Trinajstić information content (AvgIpc) is 2.88. The number of aromatic nitrogens is 2. The van der Waals surface area contributed by atoms with Gasteiger partial charge in [-0.05, 0) is 43.8 Å². The fourth-order valence-electron chi connectivity index (χ4n) is 2.07. The van der Waals surface area contributed by atoms with Crippen LogP contribution in [0, 0.1) is 6.92 Å². The van der Waals surface area contributed by atoms with E-state index in [1.54, 1.807) is 0 Å². The van der Waals surface area contributed by atoms with Crippen molar-refractivity contribution >= 4 is 11.3 Å². The molecule has 0 aliphatic heterocycles. The van der Waals surface area contributed by atoms with E-state index in [-0.39, 0.29) is 0 Å². The van der Waals surface area contributed by atoms with E-state index in [0.29, 0.717) is 12.1 Å². The summed E-state index contributed by atoms with van der Waals surface area (Å²) in [6, 6.07) is 4.95. The summed E-state index contributed by atoms with van der Waals surface area (Å²) in [5, 5.41) is 9.99. The quantitative estimate of drug-likeness (QED) is 0.883. The Morgan fingerprint density at radius 1 is 1.47 bits per heavy atom. The largest absolute Gasteiger partial charge is 0.305 e. The van der Waals surface area contributed by atoms with Crippen LogP contribution in [0.3, 0.4) is 0 Å². The lowest BCUT2D eigenvalue weighted by Crippen LogP contribution is -2.32. The highest BCUT2D eigenvalue weighted by molar-refractivity contribution is 7.10. The summed E-state index contributed by atoms with van der Waals surface area (Å²) in [5.74, 6) is 0. The molecule has 2 heterocycles. The minimum atomic E-state index is 0.403. The van der Waals surface area contributed by atoms with Crippen LogP contribution >= 0.6 is 11.3 Å². The monoisotopic (exact) mass is 249 g/mol. The normalized spacial score (nSPS) is 14.8. The first-order valence-electron chi connectivity index (χ1n) is 5.94. The molecular formula is C13H19N3S. The van der Waals surface area contributed by atoms with Crippen molar-refractivity contribution in [2.45, 2.75) is 39.4 Å². The van der Waals surface area contributed by atoms with Crippen molar-refractivity contribution < 1.29 is 0 Å². The lowest BCUT2D eigenvalue weighted by molar-refractivity contribution is 0.415. The van der Waals surface area contributed by atoms with E-state index in [4.69, 9.17) is 0 Å². The highest BCUT2D eigenvalue weighted by Gasteiger charge is 2.12. The molecule has 0 spiro atoms. The number of aryl methyl sites for hydroxylation is 1. The van der Waals surface area contributed by atoms with Crippen LogP contribution < -0.4 is 5.32 Å². The van der Waals surface area contributed by atoms with Gasteiger partial charge in [-0.3, -0.25) is 4.68 Å². The first-order chi connectivity index (χ1) is 8.16. The maximum Gasteiger partial charge on any atom is 0.0560 e. The Bertz CT molecular complexity index is 447. The Labute approximate surface area is 106 Å². The first kappa shape index (κ1) is 12.3. The Hall–Kier alpha value is -1.13. The van der Waals surface area contributed by atoms with E-state index in [1.165, 1.54) is 10.4 Å². The van der Waals surface area contributed by atoms with Crippen LogP contribution in [0.5, 0.6) is 0 Å². The predicted octanol–water partition coefficient (Wildman–Crippen LogP) is 2.99. The van der Waals surface area contributed by atoms with Gasteiger partial charge < -0.3 is 5.32 Å². The van der Waals surface area contributed by atoms with Gasteiger partial charge in [0.25, 0.3) is 0 Å². The lowest BCUT2D eigenvalue weighted by atomic mass is 10.1. The molecule has 0 saturated heterocycles. The molecule has 1 N–H and O–H groups in total. The van der Waals surface area contributed by atoms with Crippen molar-refractivity contribution in [3.63, 3.8) is 0 Å². The topological polar surface area (TPSA) is 29.9 Å². The van der Waals surface area contributed by atoms with Gasteiger partial charge in [0.1, 0.15) is 0 Å². The van der Waals surface area contributed by atoms with Crippen LogP contribution in [-0.4, -0.2) is 15.8 Å². The van der Waals surface area contributed by atoms with Crippen LogP contribution in [-0.2, 0) is 6.54 Å². The summed E-state index contributed by atoms with van der Waals surface area (Å²) < 4.78 is 1.96. The van der Waals surface area contributed by atoms with E-state index in [0.717, 1.165) is 6.54 Å². The summed E-state index contributed by atoms with van der Waals surface area (Å²) in [6.07, 6.45) is 3.82. The highest BCUT2D eigenvalue weighted by atomic mass is 32.1. The van der Waals surface area contributed by atoms with Crippen molar-refractivity contribution in [3.05, 3.63) is 40.3 Å². The Balaban J connectivity index is 1.90. The van der Waals surface area contributed by atoms with Gasteiger partial charge in [-0.2, -0.15) is 5.10 Å². The number of rotatable bonds is 5. The molecule has 2 unspecified atom stereocenters. The average molecular weight is 249 g/mol. The van der Waals surface area contributed by atoms with Crippen molar-refractivity contribution in [2.24, 2.45) is 0 Å². The summed E-state index contributed by atoms with van der Waals surface area (Å²) in [4.78, 5) is 1.43. The second kappa shape index (κ2) is 5.47. The molecule has 2 rings (SSSR count). The predicted molar refractivity (Wildman–Crippen MR) is 72.3 cm³/mol. The minimum Gasteiger partial charge on any atom is -0.305 e. The van der Waals surface area contributed by atoms with Gasteiger partial charge in [0.15, 0.2) is 0 Å². The SMILES string of the molecule is Cc1ccsc1C(C)NC(C)Cn1cccn1. The number of thiophene rings is 1. The molecule has 17 heavy (non-hydrogen) atoms. The van der Waals surface area contributed by atoms with E-state index < -0.39 is 0 Å².